The number of amides is 2. The lowest BCUT2D eigenvalue weighted by molar-refractivity contribution is -0.118. The Kier molecular flexibility index (Phi) is 7.48. The molecule has 0 saturated heterocycles. The van der Waals surface area contributed by atoms with E-state index in [1.807, 2.05) is 24.3 Å². The van der Waals surface area contributed by atoms with Crippen molar-refractivity contribution in [3.63, 3.8) is 0 Å². The lowest BCUT2D eigenvalue weighted by Crippen LogP contribution is -2.24. The van der Waals surface area contributed by atoms with Crippen LogP contribution in [-0.2, 0) is 16.1 Å². The lowest BCUT2D eigenvalue weighted by atomic mass is 10.2. The summed E-state index contributed by atoms with van der Waals surface area (Å²) in [6.07, 6.45) is -0.579. The molecule has 0 aliphatic carbocycles. The van der Waals surface area contributed by atoms with Crippen molar-refractivity contribution in [1.82, 2.24) is 15.5 Å². The Morgan fingerprint density at radius 2 is 2.08 bits per heavy atom. The number of nitrogens with one attached hydrogen (secondary N) is 2. The average Bonchev–Trinajstić information content (AvgIpc) is 3.05. The SMILES string of the molecule is CCOC(=O)Nc1nnc(SCC(=O)NCc2ccccc2OC)s1. The van der Waals surface area contributed by atoms with Crippen molar-refractivity contribution in [2.24, 2.45) is 0 Å². The molecule has 25 heavy (non-hydrogen) atoms. The molecule has 0 atom stereocenters. The second-order valence-electron chi connectivity index (χ2n) is 4.60. The number of benzene rings is 1. The molecule has 0 spiro atoms. The Morgan fingerprint density at radius 1 is 1.28 bits per heavy atom. The van der Waals surface area contributed by atoms with Gasteiger partial charge < -0.3 is 14.8 Å². The van der Waals surface area contributed by atoms with E-state index in [0.29, 0.717) is 16.0 Å². The molecule has 134 valence electrons. The standard InChI is InChI=1S/C15H18N4O4S2/c1-3-23-14(21)17-13-18-19-15(25-13)24-9-12(20)16-8-10-6-4-5-7-11(10)22-2/h4-7H,3,8-9H2,1-2H3,(H,16,20)(H,17,18,21). The molecular formula is C15H18N4O4S2. The molecule has 0 fully saturated rings. The number of hydrogen-bond acceptors (Lipinski definition) is 8. The van der Waals surface area contributed by atoms with E-state index in [0.717, 1.165) is 11.3 Å². The number of rotatable bonds is 8. The van der Waals surface area contributed by atoms with E-state index in [2.05, 4.69) is 20.8 Å². The van der Waals surface area contributed by atoms with Crippen molar-refractivity contribution in [3.05, 3.63) is 29.8 Å². The number of hydrogen-bond donors (Lipinski definition) is 2. The third-order valence-electron chi connectivity index (χ3n) is 2.89. The quantitative estimate of drug-likeness (QED) is 0.534. The third-order valence-corrected chi connectivity index (χ3v) is 4.86. The lowest BCUT2D eigenvalue weighted by Gasteiger charge is -2.09. The van der Waals surface area contributed by atoms with Crippen LogP contribution in [-0.4, -0.2) is 41.7 Å². The molecule has 1 heterocycles. The minimum atomic E-state index is -0.579. The normalized spacial score (nSPS) is 10.2. The molecule has 0 unspecified atom stereocenters. The van der Waals surface area contributed by atoms with E-state index in [1.54, 1.807) is 14.0 Å². The number of carbonyl (C=O) groups excluding carboxylic acids is 2. The second kappa shape index (κ2) is 9.84. The first-order valence-electron chi connectivity index (χ1n) is 7.41. The van der Waals surface area contributed by atoms with E-state index in [1.165, 1.54) is 23.1 Å². The van der Waals surface area contributed by atoms with Gasteiger partial charge in [-0.25, -0.2) is 4.79 Å². The van der Waals surface area contributed by atoms with Gasteiger partial charge in [-0.3, -0.25) is 10.1 Å². The zero-order valence-corrected chi connectivity index (χ0v) is 15.4. The van der Waals surface area contributed by atoms with Crippen molar-refractivity contribution >= 4 is 40.2 Å². The van der Waals surface area contributed by atoms with Gasteiger partial charge in [0.05, 0.1) is 19.5 Å². The van der Waals surface area contributed by atoms with Crippen LogP contribution in [0.25, 0.3) is 0 Å². The first-order chi connectivity index (χ1) is 12.1. The summed E-state index contributed by atoms with van der Waals surface area (Å²) in [6, 6.07) is 7.50. The molecule has 2 N–H and O–H groups in total. The minimum Gasteiger partial charge on any atom is -0.496 e. The van der Waals surface area contributed by atoms with Crippen LogP contribution in [0.3, 0.4) is 0 Å². The average molecular weight is 382 g/mol. The Hall–Kier alpha value is -2.33. The molecule has 8 nitrogen and oxygen atoms in total. The fourth-order valence-corrected chi connectivity index (χ4v) is 3.36. The summed E-state index contributed by atoms with van der Waals surface area (Å²) in [6.45, 7) is 2.37. The molecule has 2 aromatic rings. The zero-order chi connectivity index (χ0) is 18.1. The maximum absolute atomic E-state index is 12.0. The molecule has 0 saturated carbocycles. The van der Waals surface area contributed by atoms with Gasteiger partial charge in [-0.1, -0.05) is 41.3 Å². The third kappa shape index (κ3) is 6.24. The van der Waals surface area contributed by atoms with Crippen LogP contribution in [0.5, 0.6) is 5.75 Å². The molecule has 0 aliphatic rings. The van der Waals surface area contributed by atoms with Crippen molar-refractivity contribution < 1.29 is 19.1 Å². The maximum atomic E-state index is 12.0. The predicted molar refractivity (Wildman–Crippen MR) is 96.1 cm³/mol. The highest BCUT2D eigenvalue weighted by Gasteiger charge is 2.11. The van der Waals surface area contributed by atoms with Crippen molar-refractivity contribution in [2.45, 2.75) is 17.8 Å². The Labute approximate surface area is 153 Å². The van der Waals surface area contributed by atoms with Gasteiger partial charge >= 0.3 is 6.09 Å². The van der Waals surface area contributed by atoms with Crippen LogP contribution in [0.2, 0.25) is 0 Å². The zero-order valence-electron chi connectivity index (χ0n) is 13.8. The van der Waals surface area contributed by atoms with E-state index in [-0.39, 0.29) is 18.3 Å². The molecule has 2 amide bonds. The van der Waals surface area contributed by atoms with Gasteiger partial charge in [-0.05, 0) is 13.0 Å². The van der Waals surface area contributed by atoms with Crippen LogP contribution >= 0.6 is 23.1 Å². The molecule has 1 aromatic carbocycles. The second-order valence-corrected chi connectivity index (χ2v) is 6.80. The van der Waals surface area contributed by atoms with Gasteiger partial charge in [0.1, 0.15) is 5.75 Å². The largest absolute Gasteiger partial charge is 0.496 e. The van der Waals surface area contributed by atoms with Gasteiger partial charge in [-0.15, -0.1) is 10.2 Å². The molecule has 10 heteroatoms. The first-order valence-corrected chi connectivity index (χ1v) is 9.21. The molecule has 2 rings (SSSR count). The molecule has 0 radical (unpaired) electrons. The van der Waals surface area contributed by atoms with Gasteiger partial charge in [0.25, 0.3) is 0 Å². The van der Waals surface area contributed by atoms with Crippen LogP contribution < -0.4 is 15.4 Å². The summed E-state index contributed by atoms with van der Waals surface area (Å²) in [5.41, 5.74) is 0.903. The van der Waals surface area contributed by atoms with E-state index in [9.17, 15) is 9.59 Å². The summed E-state index contributed by atoms with van der Waals surface area (Å²) in [5, 5.41) is 13.4. The van der Waals surface area contributed by atoms with Gasteiger partial charge in [-0.2, -0.15) is 0 Å². The minimum absolute atomic E-state index is 0.133. The molecule has 0 aliphatic heterocycles. The van der Waals surface area contributed by atoms with Crippen LogP contribution in [0.15, 0.2) is 28.6 Å². The van der Waals surface area contributed by atoms with Crippen molar-refractivity contribution in [2.75, 3.05) is 24.8 Å². The summed E-state index contributed by atoms with van der Waals surface area (Å²) in [5.74, 6) is 0.795. The number of anilines is 1. The van der Waals surface area contributed by atoms with E-state index >= 15 is 0 Å². The summed E-state index contributed by atoms with van der Waals surface area (Å²) in [7, 11) is 1.59. The summed E-state index contributed by atoms with van der Waals surface area (Å²) >= 11 is 2.42. The smallest absolute Gasteiger partial charge is 0.413 e. The number of ether oxygens (including phenoxy) is 2. The van der Waals surface area contributed by atoms with Crippen molar-refractivity contribution in [3.8, 4) is 5.75 Å². The van der Waals surface area contributed by atoms with Crippen LogP contribution in [0, 0.1) is 0 Å². The Bertz CT molecular complexity index is 723. The highest BCUT2D eigenvalue weighted by atomic mass is 32.2. The number of methoxy groups -OCH3 is 1. The topological polar surface area (TPSA) is 102 Å². The van der Waals surface area contributed by atoms with E-state index < -0.39 is 6.09 Å². The van der Waals surface area contributed by atoms with Crippen LogP contribution in [0.4, 0.5) is 9.93 Å². The fraction of sp³-hybridized carbons (Fsp3) is 0.333. The van der Waals surface area contributed by atoms with Gasteiger partial charge in [0.15, 0.2) is 4.34 Å². The summed E-state index contributed by atoms with van der Waals surface area (Å²) in [4.78, 5) is 23.2. The maximum Gasteiger partial charge on any atom is 0.413 e. The number of aromatic nitrogens is 2. The molecular weight excluding hydrogens is 364 g/mol. The number of para-hydroxylation sites is 1. The predicted octanol–water partition coefficient (Wildman–Crippen LogP) is 2.52. The molecule has 1 aromatic heterocycles. The highest BCUT2D eigenvalue weighted by molar-refractivity contribution is 8.01. The Balaban J connectivity index is 1.76. The van der Waals surface area contributed by atoms with Crippen molar-refractivity contribution in [1.29, 1.82) is 0 Å². The first kappa shape index (κ1) is 19.0. The number of nitrogens with zero attached hydrogens (tertiary/aromatic N) is 2. The summed E-state index contributed by atoms with van der Waals surface area (Å²) < 4.78 is 10.6. The number of thioether (sulfide) groups is 1. The molecule has 0 bridgehead atoms. The number of carbonyl (C=O) groups is 2. The van der Waals surface area contributed by atoms with Gasteiger partial charge in [0, 0.05) is 12.1 Å². The highest BCUT2D eigenvalue weighted by Crippen LogP contribution is 2.25. The van der Waals surface area contributed by atoms with E-state index in [4.69, 9.17) is 9.47 Å². The monoisotopic (exact) mass is 382 g/mol. The van der Waals surface area contributed by atoms with Crippen LogP contribution in [0.1, 0.15) is 12.5 Å². The Morgan fingerprint density at radius 3 is 2.84 bits per heavy atom. The fourth-order valence-electron chi connectivity index (χ4n) is 1.79. The van der Waals surface area contributed by atoms with Gasteiger partial charge in [0.2, 0.25) is 11.0 Å².